The number of hydrogen-bond acceptors (Lipinski definition) is 7. The zero-order valence-corrected chi connectivity index (χ0v) is 17.8. The van der Waals surface area contributed by atoms with Crippen molar-refractivity contribution in [2.24, 2.45) is 0 Å². The Labute approximate surface area is 176 Å². The van der Waals surface area contributed by atoms with Gasteiger partial charge in [-0.2, -0.15) is 4.31 Å². The zero-order chi connectivity index (χ0) is 21.7. The van der Waals surface area contributed by atoms with Crippen molar-refractivity contribution in [1.29, 1.82) is 0 Å². The number of nitro benzene ring substituents is 1. The van der Waals surface area contributed by atoms with Gasteiger partial charge >= 0.3 is 0 Å². The summed E-state index contributed by atoms with van der Waals surface area (Å²) in [6.07, 6.45) is 0. The Morgan fingerprint density at radius 3 is 2.43 bits per heavy atom. The zero-order valence-electron chi connectivity index (χ0n) is 17.0. The number of anilines is 1. The topological polar surface area (TPSA) is 105 Å². The number of nitrogens with one attached hydrogen (secondary N) is 1. The van der Waals surface area contributed by atoms with Crippen molar-refractivity contribution < 1.29 is 18.1 Å². The number of likely N-dealkylation sites (N-methyl/N-ethyl adjacent to an activating group) is 1. The second kappa shape index (κ2) is 9.52. The molecular formula is C20H26N4O5S. The molecule has 1 atom stereocenters. The summed E-state index contributed by atoms with van der Waals surface area (Å²) >= 11 is 0. The molecule has 0 aromatic heterocycles. The molecule has 1 aliphatic heterocycles. The third-order valence-corrected chi connectivity index (χ3v) is 6.96. The molecule has 10 heteroatoms. The summed E-state index contributed by atoms with van der Waals surface area (Å²) in [6, 6.07) is 13.8. The molecule has 2 aromatic rings. The third kappa shape index (κ3) is 4.96. The Hall–Kier alpha value is -2.53. The van der Waals surface area contributed by atoms with E-state index in [1.54, 1.807) is 0 Å². The van der Waals surface area contributed by atoms with Gasteiger partial charge in [-0.05, 0) is 31.8 Å². The first-order valence-corrected chi connectivity index (χ1v) is 11.1. The minimum absolute atomic E-state index is 0.0115. The minimum atomic E-state index is -3.81. The van der Waals surface area contributed by atoms with E-state index in [-0.39, 0.29) is 35.4 Å². The van der Waals surface area contributed by atoms with Crippen LogP contribution < -0.4 is 5.32 Å². The Bertz CT molecular complexity index is 976. The molecule has 1 saturated heterocycles. The van der Waals surface area contributed by atoms with Crippen molar-refractivity contribution in [1.82, 2.24) is 9.21 Å². The lowest BCUT2D eigenvalue weighted by atomic mass is 10.1. The van der Waals surface area contributed by atoms with Crippen LogP contribution in [0.25, 0.3) is 0 Å². The van der Waals surface area contributed by atoms with Crippen molar-refractivity contribution in [2.45, 2.75) is 10.9 Å². The van der Waals surface area contributed by atoms with Gasteiger partial charge < -0.3 is 15.0 Å². The molecule has 1 N–H and O–H groups in total. The highest BCUT2D eigenvalue weighted by atomic mass is 32.2. The van der Waals surface area contributed by atoms with Crippen LogP contribution in [0.1, 0.15) is 11.6 Å². The van der Waals surface area contributed by atoms with Gasteiger partial charge in [-0.25, -0.2) is 8.42 Å². The van der Waals surface area contributed by atoms with Crippen LogP contribution in [0, 0.1) is 10.1 Å². The highest BCUT2D eigenvalue weighted by Gasteiger charge is 2.29. The lowest BCUT2D eigenvalue weighted by Gasteiger charge is -2.26. The van der Waals surface area contributed by atoms with E-state index in [1.807, 2.05) is 49.3 Å². The summed E-state index contributed by atoms with van der Waals surface area (Å²) in [5, 5.41) is 14.8. The van der Waals surface area contributed by atoms with Crippen molar-refractivity contribution >= 4 is 21.4 Å². The molecule has 0 amide bonds. The average Bonchev–Trinajstić information content (AvgIpc) is 2.75. The van der Waals surface area contributed by atoms with Crippen LogP contribution in [0.15, 0.2) is 53.4 Å². The second-order valence-electron chi connectivity index (χ2n) is 7.22. The van der Waals surface area contributed by atoms with Crippen LogP contribution in [0.2, 0.25) is 0 Å². The number of rotatable bonds is 8. The molecule has 1 heterocycles. The van der Waals surface area contributed by atoms with Crippen molar-refractivity contribution in [3.05, 3.63) is 64.2 Å². The van der Waals surface area contributed by atoms with Crippen molar-refractivity contribution in [3.8, 4) is 0 Å². The van der Waals surface area contributed by atoms with E-state index < -0.39 is 14.9 Å². The average molecular weight is 435 g/mol. The number of ether oxygens (including phenoxy) is 1. The van der Waals surface area contributed by atoms with Gasteiger partial charge in [-0.1, -0.05) is 30.3 Å². The van der Waals surface area contributed by atoms with Crippen LogP contribution in [-0.4, -0.2) is 69.5 Å². The number of morpholine rings is 1. The highest BCUT2D eigenvalue weighted by Crippen LogP contribution is 2.30. The van der Waals surface area contributed by atoms with Gasteiger partial charge in [0.25, 0.3) is 5.69 Å². The van der Waals surface area contributed by atoms with Gasteiger partial charge in [-0.15, -0.1) is 0 Å². The van der Waals surface area contributed by atoms with E-state index in [0.29, 0.717) is 19.8 Å². The molecular weight excluding hydrogens is 408 g/mol. The number of nitro groups is 1. The predicted molar refractivity (Wildman–Crippen MR) is 114 cm³/mol. The van der Waals surface area contributed by atoms with Crippen molar-refractivity contribution in [2.75, 3.05) is 52.3 Å². The number of sulfonamides is 1. The molecule has 3 rings (SSSR count). The first-order chi connectivity index (χ1) is 14.3. The molecule has 2 aromatic carbocycles. The summed E-state index contributed by atoms with van der Waals surface area (Å²) in [5.41, 5.74) is 1.09. The predicted octanol–water partition coefficient (Wildman–Crippen LogP) is 2.33. The lowest BCUT2D eigenvalue weighted by Crippen LogP contribution is -2.40. The Balaban J connectivity index is 1.84. The summed E-state index contributed by atoms with van der Waals surface area (Å²) < 4.78 is 32.2. The molecule has 0 radical (unpaired) electrons. The monoisotopic (exact) mass is 434 g/mol. The molecule has 9 nitrogen and oxygen atoms in total. The molecule has 1 aliphatic rings. The standard InChI is InChI=1S/C20H26N4O5S/c1-22(2)20(16-6-4-3-5-7-16)15-21-18-9-8-17(14-19(18)24(25)26)30(27,28)23-10-12-29-13-11-23/h3-9,14,20-21H,10-13,15H2,1-2H3. The number of hydrogen-bond donors (Lipinski definition) is 1. The van der Waals surface area contributed by atoms with Gasteiger partial charge in [0.15, 0.2) is 0 Å². The second-order valence-corrected chi connectivity index (χ2v) is 9.16. The Kier molecular flexibility index (Phi) is 7.03. The maximum Gasteiger partial charge on any atom is 0.293 e. The van der Waals surface area contributed by atoms with Crippen LogP contribution in [0.3, 0.4) is 0 Å². The fourth-order valence-corrected chi connectivity index (χ4v) is 4.82. The first kappa shape index (κ1) is 22.2. The normalized spacial score (nSPS) is 16.4. The maximum atomic E-state index is 12.8. The summed E-state index contributed by atoms with van der Waals surface area (Å²) in [4.78, 5) is 13.0. The van der Waals surface area contributed by atoms with Gasteiger partial charge in [0.2, 0.25) is 10.0 Å². The molecule has 0 aliphatic carbocycles. The van der Waals surface area contributed by atoms with E-state index in [2.05, 4.69) is 5.32 Å². The highest BCUT2D eigenvalue weighted by molar-refractivity contribution is 7.89. The van der Waals surface area contributed by atoms with E-state index in [1.165, 1.54) is 16.4 Å². The van der Waals surface area contributed by atoms with Gasteiger partial charge in [0, 0.05) is 25.7 Å². The maximum absolute atomic E-state index is 12.8. The summed E-state index contributed by atoms with van der Waals surface area (Å²) in [7, 11) is 0.0629. The smallest absolute Gasteiger partial charge is 0.293 e. The number of nitrogens with zero attached hydrogens (tertiary/aromatic N) is 3. The minimum Gasteiger partial charge on any atom is -0.379 e. The fourth-order valence-electron chi connectivity index (χ4n) is 3.39. The third-order valence-electron chi connectivity index (χ3n) is 5.07. The number of benzene rings is 2. The van der Waals surface area contributed by atoms with E-state index in [4.69, 9.17) is 4.74 Å². The molecule has 0 bridgehead atoms. The Morgan fingerprint density at radius 1 is 1.17 bits per heavy atom. The molecule has 30 heavy (non-hydrogen) atoms. The van der Waals surface area contributed by atoms with Gasteiger partial charge in [0.1, 0.15) is 5.69 Å². The first-order valence-electron chi connectivity index (χ1n) is 9.62. The van der Waals surface area contributed by atoms with Crippen molar-refractivity contribution in [3.63, 3.8) is 0 Å². The molecule has 162 valence electrons. The van der Waals surface area contributed by atoms with Crippen LogP contribution in [0.4, 0.5) is 11.4 Å². The molecule has 1 unspecified atom stereocenters. The molecule has 0 saturated carbocycles. The quantitative estimate of drug-likeness (QED) is 0.502. The lowest BCUT2D eigenvalue weighted by molar-refractivity contribution is -0.384. The van der Waals surface area contributed by atoms with Gasteiger partial charge in [0.05, 0.1) is 29.1 Å². The summed E-state index contributed by atoms with van der Waals surface area (Å²) in [5.74, 6) is 0. The van der Waals surface area contributed by atoms with E-state index in [0.717, 1.165) is 11.6 Å². The van der Waals surface area contributed by atoms with Crippen LogP contribution in [0.5, 0.6) is 0 Å². The molecule has 0 spiro atoms. The SMILES string of the molecule is CN(C)C(CNc1ccc(S(=O)(=O)N2CCOCC2)cc1[N+](=O)[O-])c1ccccc1. The van der Waals surface area contributed by atoms with Crippen LogP contribution >= 0.6 is 0 Å². The summed E-state index contributed by atoms with van der Waals surface area (Å²) in [6.45, 7) is 1.52. The molecule has 1 fully saturated rings. The van der Waals surface area contributed by atoms with Gasteiger partial charge in [-0.3, -0.25) is 10.1 Å². The fraction of sp³-hybridized carbons (Fsp3) is 0.400. The largest absolute Gasteiger partial charge is 0.379 e. The van der Waals surface area contributed by atoms with E-state index in [9.17, 15) is 18.5 Å². The Morgan fingerprint density at radius 2 is 1.83 bits per heavy atom. The van der Waals surface area contributed by atoms with E-state index >= 15 is 0 Å². The van der Waals surface area contributed by atoms with Crippen LogP contribution in [-0.2, 0) is 14.8 Å².